The molecule has 0 bridgehead atoms. The minimum Gasteiger partial charge on any atom is -0.494 e. The van der Waals surface area contributed by atoms with Crippen LogP contribution in [-0.2, 0) is 0 Å². The summed E-state index contributed by atoms with van der Waals surface area (Å²) < 4.78 is 5.22. The maximum Gasteiger partial charge on any atom is 0.181 e. The monoisotopic (exact) mass is 241 g/mol. The van der Waals surface area contributed by atoms with Gasteiger partial charge >= 0.3 is 0 Å². The van der Waals surface area contributed by atoms with E-state index in [1.807, 2.05) is 31.2 Å². The average molecular weight is 241 g/mol. The Bertz CT molecular complexity index is 591. The molecule has 0 fully saturated rings. The molecule has 0 spiro atoms. The lowest BCUT2D eigenvalue weighted by molar-refractivity contribution is 0.101. The van der Waals surface area contributed by atoms with Gasteiger partial charge in [0.25, 0.3) is 0 Å². The number of pyridine rings is 1. The summed E-state index contributed by atoms with van der Waals surface area (Å²) in [7, 11) is 1.55. The molecular weight excluding hydrogens is 226 g/mol. The summed E-state index contributed by atoms with van der Waals surface area (Å²) in [4.78, 5) is 15.6. The number of carbonyl (C=O) groups excluding carboxylic acids is 1. The molecule has 0 saturated heterocycles. The first-order valence-electron chi connectivity index (χ1n) is 5.74. The Morgan fingerprint density at radius 2 is 2.00 bits per heavy atom. The molecule has 0 radical (unpaired) electrons. The van der Waals surface area contributed by atoms with Crippen LogP contribution in [0.3, 0.4) is 0 Å². The fraction of sp³-hybridized carbons (Fsp3) is 0.200. The second-order valence-electron chi connectivity index (χ2n) is 4.20. The lowest BCUT2D eigenvalue weighted by Crippen LogP contribution is -2.01. The van der Waals surface area contributed by atoms with Gasteiger partial charge in [-0.15, -0.1) is 0 Å². The van der Waals surface area contributed by atoms with Crippen LogP contribution in [0.2, 0.25) is 0 Å². The quantitative estimate of drug-likeness (QED) is 0.774. The third-order valence-corrected chi connectivity index (χ3v) is 2.76. The number of ketones is 1. The predicted octanol–water partition coefficient (Wildman–Crippen LogP) is 3.27. The summed E-state index contributed by atoms with van der Waals surface area (Å²) in [6, 6.07) is 9.97. The van der Waals surface area contributed by atoms with E-state index in [9.17, 15) is 4.79 Å². The van der Waals surface area contributed by atoms with Crippen LogP contribution in [-0.4, -0.2) is 17.9 Å². The zero-order valence-corrected chi connectivity index (χ0v) is 10.7. The molecule has 18 heavy (non-hydrogen) atoms. The van der Waals surface area contributed by atoms with Crippen LogP contribution in [0.5, 0.6) is 5.75 Å². The van der Waals surface area contributed by atoms with E-state index in [-0.39, 0.29) is 5.78 Å². The number of carbonyl (C=O) groups is 1. The van der Waals surface area contributed by atoms with Crippen molar-refractivity contribution in [2.24, 2.45) is 0 Å². The number of benzene rings is 1. The van der Waals surface area contributed by atoms with Crippen molar-refractivity contribution in [2.45, 2.75) is 13.8 Å². The summed E-state index contributed by atoms with van der Waals surface area (Å²) in [5.41, 5.74) is 3.56. The van der Waals surface area contributed by atoms with Crippen molar-refractivity contribution in [1.29, 1.82) is 0 Å². The molecule has 0 amide bonds. The van der Waals surface area contributed by atoms with E-state index >= 15 is 0 Å². The highest BCUT2D eigenvalue weighted by molar-refractivity contribution is 5.95. The largest absolute Gasteiger partial charge is 0.494 e. The maximum atomic E-state index is 11.4. The first kappa shape index (κ1) is 12.3. The van der Waals surface area contributed by atoms with Crippen LogP contribution in [0, 0.1) is 6.92 Å². The molecule has 1 heterocycles. The van der Waals surface area contributed by atoms with Crippen molar-refractivity contribution in [2.75, 3.05) is 7.11 Å². The Morgan fingerprint density at radius 3 is 2.61 bits per heavy atom. The van der Waals surface area contributed by atoms with E-state index in [0.717, 1.165) is 11.1 Å². The average Bonchev–Trinajstić information content (AvgIpc) is 2.37. The highest BCUT2D eigenvalue weighted by atomic mass is 16.5. The van der Waals surface area contributed by atoms with Crippen LogP contribution in [0.1, 0.15) is 23.0 Å². The second-order valence-corrected chi connectivity index (χ2v) is 4.20. The lowest BCUT2D eigenvalue weighted by Gasteiger charge is -2.08. The van der Waals surface area contributed by atoms with Crippen LogP contribution < -0.4 is 4.74 Å². The van der Waals surface area contributed by atoms with Gasteiger partial charge in [-0.3, -0.25) is 4.79 Å². The molecule has 0 atom stereocenters. The van der Waals surface area contributed by atoms with Crippen LogP contribution >= 0.6 is 0 Å². The summed E-state index contributed by atoms with van der Waals surface area (Å²) >= 11 is 0. The van der Waals surface area contributed by atoms with Crippen molar-refractivity contribution in [3.8, 4) is 16.9 Å². The van der Waals surface area contributed by atoms with Crippen LogP contribution in [0.15, 0.2) is 36.5 Å². The van der Waals surface area contributed by atoms with Gasteiger partial charge in [-0.2, -0.15) is 0 Å². The summed E-state index contributed by atoms with van der Waals surface area (Å²) in [6.45, 7) is 3.52. The highest BCUT2D eigenvalue weighted by Gasteiger charge is 2.11. The topological polar surface area (TPSA) is 39.2 Å². The van der Waals surface area contributed by atoms with Gasteiger partial charge in [0.2, 0.25) is 0 Å². The summed E-state index contributed by atoms with van der Waals surface area (Å²) in [6.07, 6.45) is 1.70. The Kier molecular flexibility index (Phi) is 3.42. The predicted molar refractivity (Wildman–Crippen MR) is 71.0 cm³/mol. The van der Waals surface area contributed by atoms with Gasteiger partial charge in [-0.05, 0) is 18.6 Å². The number of Topliss-reactive ketones (excluding diaryl/α,β-unsaturated/α-hetero) is 1. The molecule has 0 aliphatic carbocycles. The van der Waals surface area contributed by atoms with Crippen molar-refractivity contribution in [1.82, 2.24) is 4.98 Å². The van der Waals surface area contributed by atoms with Crippen LogP contribution in [0.4, 0.5) is 0 Å². The smallest absolute Gasteiger partial charge is 0.181 e. The zero-order chi connectivity index (χ0) is 13.1. The minimum absolute atomic E-state index is 0.0948. The number of hydrogen-bond acceptors (Lipinski definition) is 3. The molecule has 0 aliphatic heterocycles. The number of rotatable bonds is 3. The molecule has 1 aromatic carbocycles. The Balaban J connectivity index is 2.51. The molecular formula is C15H15NO2. The summed E-state index contributed by atoms with van der Waals surface area (Å²) in [5, 5.41) is 0. The van der Waals surface area contributed by atoms with Crippen molar-refractivity contribution >= 4 is 5.78 Å². The number of methoxy groups -OCH3 is 1. The molecule has 0 unspecified atom stereocenters. The fourth-order valence-electron chi connectivity index (χ4n) is 1.85. The lowest BCUT2D eigenvalue weighted by atomic mass is 10.0. The van der Waals surface area contributed by atoms with Crippen molar-refractivity contribution in [3.63, 3.8) is 0 Å². The molecule has 2 aromatic rings. The van der Waals surface area contributed by atoms with E-state index in [2.05, 4.69) is 11.1 Å². The molecule has 2 rings (SSSR count). The number of aromatic nitrogens is 1. The van der Waals surface area contributed by atoms with Gasteiger partial charge in [0.15, 0.2) is 5.78 Å². The first-order valence-corrected chi connectivity index (χ1v) is 5.74. The minimum atomic E-state index is -0.0948. The molecule has 0 saturated carbocycles. The Hall–Kier alpha value is -2.16. The molecule has 0 N–H and O–H groups in total. The van der Waals surface area contributed by atoms with E-state index < -0.39 is 0 Å². The highest BCUT2D eigenvalue weighted by Crippen LogP contribution is 2.26. The SMILES string of the molecule is COc1cc(-c2cccc(C)c2)cnc1C(C)=O. The standard InChI is InChI=1S/C15H15NO2/c1-10-5-4-6-12(7-10)13-8-14(18-3)15(11(2)17)16-9-13/h4-9H,1-3H3. The molecule has 0 aliphatic rings. The van der Waals surface area contributed by atoms with Gasteiger partial charge in [0.05, 0.1) is 7.11 Å². The number of hydrogen-bond donors (Lipinski definition) is 0. The van der Waals surface area contributed by atoms with E-state index in [1.165, 1.54) is 12.5 Å². The van der Waals surface area contributed by atoms with E-state index in [4.69, 9.17) is 4.74 Å². The van der Waals surface area contributed by atoms with E-state index in [0.29, 0.717) is 11.4 Å². The Labute approximate surface area is 106 Å². The molecule has 1 aromatic heterocycles. The first-order chi connectivity index (χ1) is 8.61. The number of nitrogens with zero attached hydrogens (tertiary/aromatic N) is 1. The third kappa shape index (κ3) is 2.40. The number of ether oxygens (including phenoxy) is 1. The van der Waals surface area contributed by atoms with Gasteiger partial charge in [0, 0.05) is 18.7 Å². The second kappa shape index (κ2) is 5.00. The van der Waals surface area contributed by atoms with Crippen LogP contribution in [0.25, 0.3) is 11.1 Å². The summed E-state index contributed by atoms with van der Waals surface area (Å²) in [5.74, 6) is 0.421. The molecule has 3 heteroatoms. The van der Waals surface area contributed by atoms with Crippen molar-refractivity contribution < 1.29 is 9.53 Å². The van der Waals surface area contributed by atoms with E-state index in [1.54, 1.807) is 13.3 Å². The zero-order valence-electron chi connectivity index (χ0n) is 10.7. The fourth-order valence-corrected chi connectivity index (χ4v) is 1.85. The normalized spacial score (nSPS) is 10.2. The Morgan fingerprint density at radius 1 is 1.22 bits per heavy atom. The van der Waals surface area contributed by atoms with Gasteiger partial charge in [0.1, 0.15) is 11.4 Å². The van der Waals surface area contributed by atoms with Crippen molar-refractivity contribution in [3.05, 3.63) is 47.8 Å². The molecule has 92 valence electrons. The van der Waals surface area contributed by atoms with Gasteiger partial charge < -0.3 is 4.74 Å². The third-order valence-electron chi connectivity index (χ3n) is 2.76. The maximum absolute atomic E-state index is 11.4. The van der Waals surface area contributed by atoms with Gasteiger partial charge in [-0.1, -0.05) is 29.8 Å². The molecule has 3 nitrogen and oxygen atoms in total. The number of aryl methyl sites for hydroxylation is 1. The van der Waals surface area contributed by atoms with Gasteiger partial charge in [-0.25, -0.2) is 4.98 Å².